The van der Waals surface area contributed by atoms with E-state index in [1.165, 1.54) is 23.8 Å². The van der Waals surface area contributed by atoms with Gasteiger partial charge in [-0.15, -0.1) is 22.9 Å². The number of halogens is 3. The van der Waals surface area contributed by atoms with Gasteiger partial charge in [-0.25, -0.2) is 13.8 Å². The lowest BCUT2D eigenvalue weighted by molar-refractivity contribution is -0.138. The second-order valence-electron chi connectivity index (χ2n) is 8.51. The number of aromatic nitrogens is 1. The molecule has 0 saturated heterocycles. The molecule has 4 bridgehead atoms. The number of alkyl halides is 1. The number of anilines is 1. The van der Waals surface area contributed by atoms with Crippen molar-refractivity contribution >= 4 is 34.0 Å². The summed E-state index contributed by atoms with van der Waals surface area (Å²) in [5.41, 5.74) is 0.619. The van der Waals surface area contributed by atoms with Crippen LogP contribution in [0.4, 0.5) is 13.9 Å². The van der Waals surface area contributed by atoms with E-state index in [4.69, 9.17) is 11.6 Å². The summed E-state index contributed by atoms with van der Waals surface area (Å²) in [6.45, 7) is 0. The van der Waals surface area contributed by atoms with Gasteiger partial charge in [0.2, 0.25) is 5.91 Å². The van der Waals surface area contributed by atoms with Crippen molar-refractivity contribution < 1.29 is 13.6 Å². The van der Waals surface area contributed by atoms with Gasteiger partial charge in [0.05, 0.1) is 11.1 Å². The standard InChI is InChI=1S/C20H19ClF2N2OS/c21-20-7-11-3-12(8-20)6-19(5-11,10-20)17(26)25-18-24-16(9-27-18)13-1-2-14(22)15(23)4-13/h1-2,4,9,11-12H,3,5-8,10H2,(H,24,25,26)/t11-,12-,19?,20?/m1/s1. The Labute approximate surface area is 165 Å². The maximum atomic E-state index is 13.5. The molecule has 2 aromatic rings. The molecule has 27 heavy (non-hydrogen) atoms. The summed E-state index contributed by atoms with van der Waals surface area (Å²) in [5.74, 6) is -0.703. The van der Waals surface area contributed by atoms with E-state index in [1.54, 1.807) is 5.38 Å². The minimum Gasteiger partial charge on any atom is -0.301 e. The van der Waals surface area contributed by atoms with Crippen LogP contribution in [0.15, 0.2) is 23.6 Å². The first kappa shape index (κ1) is 17.6. The molecular weight excluding hydrogens is 390 g/mol. The molecule has 1 heterocycles. The highest BCUT2D eigenvalue weighted by Crippen LogP contribution is 2.64. The minimum atomic E-state index is -0.910. The van der Waals surface area contributed by atoms with Crippen LogP contribution in [-0.2, 0) is 4.79 Å². The molecule has 6 rings (SSSR count). The summed E-state index contributed by atoms with van der Waals surface area (Å²) in [7, 11) is 0. The smallest absolute Gasteiger partial charge is 0.232 e. The van der Waals surface area contributed by atoms with Crippen LogP contribution in [0.2, 0.25) is 0 Å². The molecule has 1 N–H and O–H groups in total. The fourth-order valence-electron chi connectivity index (χ4n) is 5.77. The summed E-state index contributed by atoms with van der Waals surface area (Å²) < 4.78 is 26.6. The number of benzene rings is 1. The van der Waals surface area contributed by atoms with Gasteiger partial charge >= 0.3 is 0 Å². The average molecular weight is 409 g/mol. The molecule has 4 fully saturated rings. The van der Waals surface area contributed by atoms with Crippen molar-refractivity contribution in [1.82, 2.24) is 4.98 Å². The van der Waals surface area contributed by atoms with Crippen LogP contribution in [0.3, 0.4) is 0 Å². The summed E-state index contributed by atoms with van der Waals surface area (Å²) in [6.07, 6.45) is 5.80. The third-order valence-electron chi connectivity index (χ3n) is 6.41. The van der Waals surface area contributed by atoms with E-state index >= 15 is 0 Å². The van der Waals surface area contributed by atoms with Crippen LogP contribution < -0.4 is 5.32 Å². The highest BCUT2D eigenvalue weighted by Gasteiger charge is 2.60. The second kappa shape index (κ2) is 5.98. The minimum absolute atomic E-state index is 0.00723. The van der Waals surface area contributed by atoms with E-state index in [0.717, 1.165) is 44.2 Å². The summed E-state index contributed by atoms with van der Waals surface area (Å²) >= 11 is 8.11. The van der Waals surface area contributed by atoms with E-state index in [9.17, 15) is 13.6 Å². The molecule has 2 atom stereocenters. The van der Waals surface area contributed by atoms with Gasteiger partial charge in [-0.05, 0) is 68.6 Å². The number of thiazole rings is 1. The van der Waals surface area contributed by atoms with Crippen LogP contribution in [0.25, 0.3) is 11.3 Å². The van der Waals surface area contributed by atoms with Gasteiger partial charge in [0.25, 0.3) is 0 Å². The van der Waals surface area contributed by atoms with Gasteiger partial charge < -0.3 is 5.32 Å². The maximum Gasteiger partial charge on any atom is 0.232 e. The zero-order chi connectivity index (χ0) is 18.8. The monoisotopic (exact) mass is 408 g/mol. The van der Waals surface area contributed by atoms with Gasteiger partial charge in [-0.2, -0.15) is 0 Å². The fraction of sp³-hybridized carbons (Fsp3) is 0.500. The zero-order valence-electron chi connectivity index (χ0n) is 14.6. The number of nitrogens with zero attached hydrogens (tertiary/aromatic N) is 1. The molecule has 3 nitrogen and oxygen atoms in total. The highest BCUT2D eigenvalue weighted by atomic mass is 35.5. The van der Waals surface area contributed by atoms with Gasteiger partial charge in [-0.3, -0.25) is 4.79 Å². The number of hydrogen-bond donors (Lipinski definition) is 1. The molecule has 1 aromatic heterocycles. The summed E-state index contributed by atoms with van der Waals surface area (Å²) in [4.78, 5) is 17.3. The van der Waals surface area contributed by atoms with Crippen LogP contribution in [0.1, 0.15) is 38.5 Å². The number of hydrogen-bond acceptors (Lipinski definition) is 3. The lowest BCUT2D eigenvalue weighted by Crippen LogP contribution is -2.57. The Morgan fingerprint density at radius 1 is 1.19 bits per heavy atom. The van der Waals surface area contributed by atoms with E-state index in [-0.39, 0.29) is 16.2 Å². The number of rotatable bonds is 3. The largest absolute Gasteiger partial charge is 0.301 e. The molecule has 1 aromatic carbocycles. The summed E-state index contributed by atoms with van der Waals surface area (Å²) in [5, 5.41) is 5.20. The Kier molecular flexibility index (Phi) is 3.89. The van der Waals surface area contributed by atoms with E-state index in [1.807, 2.05) is 0 Å². The van der Waals surface area contributed by atoms with Crippen LogP contribution >= 0.6 is 22.9 Å². The quantitative estimate of drug-likeness (QED) is 0.671. The van der Waals surface area contributed by atoms with Crippen LogP contribution in [0, 0.1) is 28.9 Å². The first-order chi connectivity index (χ1) is 12.8. The molecule has 0 unspecified atom stereocenters. The topological polar surface area (TPSA) is 42.0 Å². The predicted molar refractivity (Wildman–Crippen MR) is 102 cm³/mol. The fourth-order valence-corrected chi connectivity index (χ4v) is 7.17. The van der Waals surface area contributed by atoms with Crippen molar-refractivity contribution in [3.05, 3.63) is 35.2 Å². The van der Waals surface area contributed by atoms with Crippen molar-refractivity contribution in [1.29, 1.82) is 0 Å². The van der Waals surface area contributed by atoms with E-state index in [0.29, 0.717) is 28.2 Å². The average Bonchev–Trinajstić information content (AvgIpc) is 3.03. The molecule has 142 valence electrons. The van der Waals surface area contributed by atoms with Gasteiger partial charge in [0.1, 0.15) is 0 Å². The van der Waals surface area contributed by atoms with E-state index < -0.39 is 11.6 Å². The van der Waals surface area contributed by atoms with Gasteiger partial charge in [0, 0.05) is 15.8 Å². The Morgan fingerprint density at radius 3 is 2.59 bits per heavy atom. The Balaban J connectivity index is 1.36. The first-order valence-corrected chi connectivity index (χ1v) is 10.5. The van der Waals surface area contributed by atoms with Crippen molar-refractivity contribution in [3.8, 4) is 11.3 Å². The molecule has 0 radical (unpaired) electrons. The summed E-state index contributed by atoms with van der Waals surface area (Å²) in [6, 6.07) is 3.68. The molecule has 4 aliphatic rings. The normalized spacial score (nSPS) is 34.0. The van der Waals surface area contributed by atoms with Crippen molar-refractivity contribution in [2.24, 2.45) is 17.3 Å². The second-order valence-corrected chi connectivity index (χ2v) is 10.2. The van der Waals surface area contributed by atoms with Crippen LogP contribution in [0.5, 0.6) is 0 Å². The number of carbonyl (C=O) groups is 1. The van der Waals surface area contributed by atoms with Crippen molar-refractivity contribution in [2.45, 2.75) is 43.4 Å². The lowest BCUT2D eigenvalue weighted by Gasteiger charge is -2.59. The number of carbonyl (C=O) groups excluding carboxylic acids is 1. The molecular formula is C20H19ClF2N2OS. The maximum absolute atomic E-state index is 13.5. The molecule has 0 spiro atoms. The van der Waals surface area contributed by atoms with Crippen molar-refractivity contribution in [2.75, 3.05) is 5.32 Å². The van der Waals surface area contributed by atoms with Gasteiger partial charge in [-0.1, -0.05) is 0 Å². The number of amides is 1. The third-order valence-corrected chi connectivity index (χ3v) is 7.61. The predicted octanol–water partition coefficient (Wildman–Crippen LogP) is 5.60. The van der Waals surface area contributed by atoms with Crippen molar-refractivity contribution in [3.63, 3.8) is 0 Å². The number of nitrogens with one attached hydrogen (secondary N) is 1. The van der Waals surface area contributed by atoms with Crippen LogP contribution in [-0.4, -0.2) is 15.8 Å². The lowest BCUT2D eigenvalue weighted by atomic mass is 9.49. The van der Waals surface area contributed by atoms with E-state index in [2.05, 4.69) is 10.3 Å². The molecule has 7 heteroatoms. The highest BCUT2D eigenvalue weighted by molar-refractivity contribution is 7.14. The Bertz CT molecular complexity index is 916. The Hall–Kier alpha value is -1.53. The molecule has 4 aliphatic carbocycles. The molecule has 4 saturated carbocycles. The molecule has 1 amide bonds. The third kappa shape index (κ3) is 2.97. The Morgan fingerprint density at radius 2 is 1.93 bits per heavy atom. The first-order valence-electron chi connectivity index (χ1n) is 9.26. The zero-order valence-corrected chi connectivity index (χ0v) is 16.2. The van der Waals surface area contributed by atoms with Gasteiger partial charge in [0.15, 0.2) is 16.8 Å². The molecule has 0 aliphatic heterocycles. The SMILES string of the molecule is O=C(Nc1nc(-c2ccc(F)c(F)c2)cs1)C12C[C@H]3C[C@@H](CC(Cl)(C3)C1)C2.